The minimum Gasteiger partial charge on any atom is -0.365 e. The second-order valence-corrected chi connectivity index (χ2v) is 1.57. The molecule has 1 unspecified atom stereocenters. The van der Waals surface area contributed by atoms with Gasteiger partial charge >= 0.3 is 0 Å². The maximum Gasteiger partial charge on any atom is 0.131 e. The molecule has 0 saturated heterocycles. The van der Waals surface area contributed by atoms with Crippen molar-refractivity contribution in [3.63, 3.8) is 0 Å². The minimum absolute atomic E-state index is 0.207. The Labute approximate surface area is 55.0 Å². The average Bonchev–Trinajstić information content (AvgIpc) is 1.83. The molecule has 0 aliphatic carbocycles. The largest absolute Gasteiger partial charge is 0.365 e. The summed E-state index contributed by atoms with van der Waals surface area (Å²) in [4.78, 5) is 0. The van der Waals surface area contributed by atoms with E-state index in [-0.39, 0.29) is 6.10 Å². The van der Waals surface area contributed by atoms with Crippen molar-refractivity contribution < 1.29 is 4.74 Å². The molecule has 0 saturated carbocycles. The summed E-state index contributed by atoms with van der Waals surface area (Å²) in [5, 5.41) is 0. The number of ether oxygens (including phenoxy) is 1. The lowest BCUT2D eigenvalue weighted by atomic mass is 10.4. The second-order valence-electron chi connectivity index (χ2n) is 1.26. The monoisotopic (exact) mass is 132 g/mol. The molecule has 0 aromatic carbocycles. The number of rotatable bonds is 3. The van der Waals surface area contributed by atoms with E-state index >= 15 is 0 Å². The summed E-state index contributed by atoms with van der Waals surface area (Å²) < 4.78 is 4.97. The molecule has 0 N–H and O–H groups in total. The highest BCUT2D eigenvalue weighted by Crippen LogP contribution is 1.91. The minimum atomic E-state index is -0.207. The maximum atomic E-state index is 5.38. The molecule has 0 fully saturated rings. The predicted molar refractivity (Wildman–Crippen MR) is 35.0 cm³/mol. The van der Waals surface area contributed by atoms with E-state index in [0.29, 0.717) is 12.5 Å². The van der Waals surface area contributed by atoms with E-state index in [1.54, 1.807) is 0 Å². The fraction of sp³-hybridized carbons (Fsp3) is 0.667. The molecule has 8 heavy (non-hydrogen) atoms. The zero-order valence-electron chi connectivity index (χ0n) is 4.86. The highest BCUT2D eigenvalue weighted by Gasteiger charge is 1.97. The zero-order chi connectivity index (χ0) is 6.41. The normalized spacial score (nSPS) is 12.6. The molecule has 0 aromatic heterocycles. The Morgan fingerprint density at radius 1 is 1.88 bits per heavy atom. The lowest BCUT2D eigenvalue weighted by Gasteiger charge is -2.03. The first-order valence-corrected chi connectivity index (χ1v) is 3.02. The Balaban J connectivity index is 3.26. The Bertz CT molecular complexity index is 85.0. The van der Waals surface area contributed by atoms with E-state index in [0.717, 1.165) is 0 Å². The van der Waals surface area contributed by atoms with E-state index in [4.69, 9.17) is 22.8 Å². The molecule has 1 nitrogen and oxygen atoms in total. The van der Waals surface area contributed by atoms with Crippen LogP contribution in [-0.4, -0.2) is 18.6 Å². The van der Waals surface area contributed by atoms with Gasteiger partial charge in [0.05, 0.1) is 5.88 Å². The third-order valence-corrected chi connectivity index (χ3v) is 0.974. The zero-order valence-corrected chi connectivity index (χ0v) is 5.61. The summed E-state index contributed by atoms with van der Waals surface area (Å²) >= 11 is 5.38. The number of halogens is 1. The van der Waals surface area contributed by atoms with E-state index in [1.807, 2.05) is 6.92 Å². The first-order chi connectivity index (χ1) is 3.85. The van der Waals surface area contributed by atoms with Crippen LogP contribution in [0.3, 0.4) is 0 Å². The van der Waals surface area contributed by atoms with Crippen molar-refractivity contribution in [1.29, 1.82) is 0 Å². The summed E-state index contributed by atoms with van der Waals surface area (Å²) in [6, 6.07) is 0. The van der Waals surface area contributed by atoms with Crippen LogP contribution in [0.2, 0.25) is 0 Å². The summed E-state index contributed by atoms with van der Waals surface area (Å²) in [6.07, 6.45) is 4.80. The molecule has 2 heteroatoms. The molecule has 0 aliphatic rings. The second kappa shape index (κ2) is 4.96. The SMILES string of the molecule is C#CC(CCl)OCC. The Kier molecular flexibility index (Phi) is 4.84. The number of alkyl halides is 1. The van der Waals surface area contributed by atoms with Crippen LogP contribution in [0, 0.1) is 12.3 Å². The highest BCUT2D eigenvalue weighted by atomic mass is 35.5. The van der Waals surface area contributed by atoms with Gasteiger partial charge in [0.1, 0.15) is 6.10 Å². The van der Waals surface area contributed by atoms with Crippen LogP contribution in [-0.2, 0) is 4.74 Å². The molecule has 0 spiro atoms. The van der Waals surface area contributed by atoms with Crippen molar-refractivity contribution >= 4 is 11.6 Å². The van der Waals surface area contributed by atoms with E-state index in [1.165, 1.54) is 0 Å². The van der Waals surface area contributed by atoms with Crippen LogP contribution in [0.25, 0.3) is 0 Å². The van der Waals surface area contributed by atoms with Crippen molar-refractivity contribution in [2.24, 2.45) is 0 Å². The number of hydrogen-bond acceptors (Lipinski definition) is 1. The first-order valence-electron chi connectivity index (χ1n) is 2.48. The smallest absolute Gasteiger partial charge is 0.131 e. The molecule has 0 aromatic rings. The van der Waals surface area contributed by atoms with Gasteiger partial charge in [-0.05, 0) is 6.92 Å². The van der Waals surface area contributed by atoms with Gasteiger partial charge in [0.2, 0.25) is 0 Å². The quantitative estimate of drug-likeness (QED) is 0.415. The Morgan fingerprint density at radius 2 is 2.50 bits per heavy atom. The number of terminal acetylenes is 1. The van der Waals surface area contributed by atoms with Crippen LogP contribution >= 0.6 is 11.6 Å². The first kappa shape index (κ1) is 7.81. The van der Waals surface area contributed by atoms with Gasteiger partial charge in [-0.3, -0.25) is 0 Å². The van der Waals surface area contributed by atoms with Crippen molar-refractivity contribution in [2.75, 3.05) is 12.5 Å². The van der Waals surface area contributed by atoms with Gasteiger partial charge in [-0.2, -0.15) is 0 Å². The molecule has 46 valence electrons. The molecule has 1 atom stereocenters. The van der Waals surface area contributed by atoms with Crippen molar-refractivity contribution in [3.8, 4) is 12.3 Å². The van der Waals surface area contributed by atoms with Crippen LogP contribution in [0.1, 0.15) is 6.92 Å². The lowest BCUT2D eigenvalue weighted by Crippen LogP contribution is -2.10. The summed E-state index contributed by atoms with van der Waals surface area (Å²) in [6.45, 7) is 2.51. The van der Waals surface area contributed by atoms with Gasteiger partial charge in [-0.1, -0.05) is 5.92 Å². The van der Waals surface area contributed by atoms with E-state index in [2.05, 4.69) is 5.92 Å². The molecule has 0 bridgehead atoms. The fourth-order valence-electron chi connectivity index (χ4n) is 0.338. The molecule has 0 radical (unpaired) electrons. The molecule has 0 amide bonds. The van der Waals surface area contributed by atoms with Gasteiger partial charge in [-0.25, -0.2) is 0 Å². The third-order valence-electron chi connectivity index (χ3n) is 0.694. The van der Waals surface area contributed by atoms with Gasteiger partial charge in [0, 0.05) is 6.61 Å². The van der Waals surface area contributed by atoms with Gasteiger partial charge in [-0.15, -0.1) is 18.0 Å². The molecule has 0 aliphatic heterocycles. The summed E-state index contributed by atoms with van der Waals surface area (Å²) in [5.74, 6) is 2.78. The standard InChI is InChI=1S/C6H9ClO/c1-3-6(5-7)8-4-2/h1,6H,4-5H2,2H3. The molecule has 0 rings (SSSR count). The van der Waals surface area contributed by atoms with Crippen molar-refractivity contribution in [3.05, 3.63) is 0 Å². The third kappa shape index (κ3) is 2.90. The maximum absolute atomic E-state index is 5.38. The molecular weight excluding hydrogens is 124 g/mol. The van der Waals surface area contributed by atoms with E-state index < -0.39 is 0 Å². The Hall–Kier alpha value is -0.190. The predicted octanol–water partition coefficient (Wildman–Crippen LogP) is 1.26. The molecule has 0 heterocycles. The molecular formula is C6H9ClO. The van der Waals surface area contributed by atoms with Gasteiger partial charge in [0.25, 0.3) is 0 Å². The van der Waals surface area contributed by atoms with Crippen molar-refractivity contribution in [2.45, 2.75) is 13.0 Å². The van der Waals surface area contributed by atoms with E-state index in [9.17, 15) is 0 Å². The Morgan fingerprint density at radius 3 is 2.62 bits per heavy atom. The van der Waals surface area contributed by atoms with Gasteiger partial charge in [0.15, 0.2) is 0 Å². The van der Waals surface area contributed by atoms with Crippen LogP contribution in [0.15, 0.2) is 0 Å². The summed E-state index contributed by atoms with van der Waals surface area (Å²) in [7, 11) is 0. The number of hydrogen-bond donors (Lipinski definition) is 0. The topological polar surface area (TPSA) is 9.23 Å². The lowest BCUT2D eigenvalue weighted by molar-refractivity contribution is 0.118. The van der Waals surface area contributed by atoms with Crippen LogP contribution < -0.4 is 0 Å². The van der Waals surface area contributed by atoms with Crippen molar-refractivity contribution in [1.82, 2.24) is 0 Å². The van der Waals surface area contributed by atoms with Crippen LogP contribution in [0.4, 0.5) is 0 Å². The highest BCUT2D eigenvalue weighted by molar-refractivity contribution is 6.18. The summed E-state index contributed by atoms with van der Waals surface area (Å²) in [5.41, 5.74) is 0. The average molecular weight is 133 g/mol. The fourth-order valence-corrected chi connectivity index (χ4v) is 0.517. The van der Waals surface area contributed by atoms with Crippen LogP contribution in [0.5, 0.6) is 0 Å². The van der Waals surface area contributed by atoms with Gasteiger partial charge < -0.3 is 4.74 Å².